The molecule has 0 radical (unpaired) electrons. The molecule has 1 unspecified atom stereocenters. The van der Waals surface area contributed by atoms with Crippen molar-refractivity contribution in [3.8, 4) is 5.75 Å². The molecule has 1 atom stereocenters. The SMILES string of the molecule is CCOC(=O)C(Cc1ccc(OC(=O)CCCN)c(C(C)=O)c1)NC. The molecule has 0 aromatic heterocycles. The van der Waals surface area contributed by atoms with Gasteiger partial charge in [-0.25, -0.2) is 0 Å². The number of nitrogens with two attached hydrogens (primary N) is 1. The average Bonchev–Trinajstić information content (AvgIpc) is 2.58. The highest BCUT2D eigenvalue weighted by atomic mass is 16.5. The number of hydrogen-bond donors (Lipinski definition) is 2. The molecule has 1 aromatic rings. The van der Waals surface area contributed by atoms with Gasteiger partial charge in [-0.3, -0.25) is 14.4 Å². The summed E-state index contributed by atoms with van der Waals surface area (Å²) >= 11 is 0. The molecule has 138 valence electrons. The molecule has 7 nitrogen and oxygen atoms in total. The minimum atomic E-state index is -0.516. The second-order valence-electron chi connectivity index (χ2n) is 5.55. The molecule has 0 heterocycles. The van der Waals surface area contributed by atoms with Gasteiger partial charge in [-0.05, 0) is 58.0 Å². The first-order valence-corrected chi connectivity index (χ1v) is 8.31. The highest BCUT2D eigenvalue weighted by Gasteiger charge is 2.20. The number of benzene rings is 1. The van der Waals surface area contributed by atoms with Gasteiger partial charge in [-0.1, -0.05) is 6.07 Å². The zero-order valence-electron chi connectivity index (χ0n) is 15.0. The van der Waals surface area contributed by atoms with Gasteiger partial charge in [0.25, 0.3) is 0 Å². The van der Waals surface area contributed by atoms with Gasteiger partial charge in [0.2, 0.25) is 0 Å². The van der Waals surface area contributed by atoms with Gasteiger partial charge >= 0.3 is 11.9 Å². The van der Waals surface area contributed by atoms with Gasteiger partial charge in [-0.15, -0.1) is 0 Å². The van der Waals surface area contributed by atoms with Crippen molar-refractivity contribution in [2.75, 3.05) is 20.2 Å². The fourth-order valence-corrected chi connectivity index (χ4v) is 2.27. The van der Waals surface area contributed by atoms with Crippen LogP contribution in [0.25, 0.3) is 0 Å². The number of esters is 2. The smallest absolute Gasteiger partial charge is 0.323 e. The number of likely N-dealkylation sites (N-methyl/N-ethyl adjacent to an activating group) is 1. The summed E-state index contributed by atoms with van der Waals surface area (Å²) in [7, 11) is 1.67. The molecule has 0 saturated carbocycles. The van der Waals surface area contributed by atoms with E-state index in [2.05, 4.69) is 5.32 Å². The third-order valence-corrected chi connectivity index (χ3v) is 3.59. The van der Waals surface area contributed by atoms with Crippen molar-refractivity contribution in [1.82, 2.24) is 5.32 Å². The third kappa shape index (κ3) is 6.64. The summed E-state index contributed by atoms with van der Waals surface area (Å²) in [6, 6.07) is 4.42. The van der Waals surface area contributed by atoms with Crippen molar-refractivity contribution in [1.29, 1.82) is 0 Å². The van der Waals surface area contributed by atoms with E-state index in [0.717, 1.165) is 5.56 Å². The number of nitrogens with one attached hydrogen (secondary N) is 1. The fourth-order valence-electron chi connectivity index (χ4n) is 2.27. The van der Waals surface area contributed by atoms with E-state index in [-0.39, 0.29) is 23.9 Å². The molecule has 0 aliphatic carbocycles. The van der Waals surface area contributed by atoms with Gasteiger partial charge in [0.1, 0.15) is 11.8 Å². The van der Waals surface area contributed by atoms with Crippen molar-refractivity contribution in [3.05, 3.63) is 29.3 Å². The van der Waals surface area contributed by atoms with Gasteiger partial charge in [-0.2, -0.15) is 0 Å². The van der Waals surface area contributed by atoms with E-state index in [1.54, 1.807) is 32.2 Å². The molecular formula is C18H26N2O5. The Bertz CT molecular complexity index is 615. The first kappa shape index (κ1) is 20.8. The van der Waals surface area contributed by atoms with Crippen LogP contribution < -0.4 is 15.8 Å². The first-order valence-electron chi connectivity index (χ1n) is 8.31. The predicted octanol–water partition coefficient (Wildman–Crippen LogP) is 1.23. The van der Waals surface area contributed by atoms with E-state index in [1.807, 2.05) is 0 Å². The van der Waals surface area contributed by atoms with Crippen LogP contribution in [0.15, 0.2) is 18.2 Å². The number of Topliss-reactive ketones (excluding diaryl/α,β-unsaturated/α-hetero) is 1. The highest BCUT2D eigenvalue weighted by Crippen LogP contribution is 2.22. The normalized spacial score (nSPS) is 11.7. The van der Waals surface area contributed by atoms with Crippen LogP contribution in [-0.2, 0) is 20.7 Å². The zero-order valence-corrected chi connectivity index (χ0v) is 15.0. The lowest BCUT2D eigenvalue weighted by Crippen LogP contribution is -2.37. The Morgan fingerprint density at radius 3 is 2.56 bits per heavy atom. The summed E-state index contributed by atoms with van der Waals surface area (Å²) in [5.74, 6) is -0.789. The number of carbonyl (C=O) groups excluding carboxylic acids is 3. The number of hydrogen-bond acceptors (Lipinski definition) is 7. The van der Waals surface area contributed by atoms with E-state index in [9.17, 15) is 14.4 Å². The lowest BCUT2D eigenvalue weighted by Gasteiger charge is -2.16. The van der Waals surface area contributed by atoms with Crippen LogP contribution in [-0.4, -0.2) is 44.0 Å². The standard InChI is InChI=1S/C18H26N2O5/c1-4-24-18(23)15(20-3)11-13-7-8-16(14(10-13)12(2)21)25-17(22)6-5-9-19/h7-8,10,15,20H,4-6,9,11,19H2,1-3H3. The lowest BCUT2D eigenvalue weighted by molar-refractivity contribution is -0.145. The zero-order chi connectivity index (χ0) is 18.8. The molecule has 0 saturated heterocycles. The number of ether oxygens (including phenoxy) is 2. The number of rotatable bonds is 10. The van der Waals surface area contributed by atoms with Crippen LogP contribution in [0, 0.1) is 0 Å². The van der Waals surface area contributed by atoms with Crippen LogP contribution in [0.3, 0.4) is 0 Å². The highest BCUT2D eigenvalue weighted by molar-refractivity contribution is 5.97. The fraction of sp³-hybridized carbons (Fsp3) is 0.500. The van der Waals surface area contributed by atoms with Crippen molar-refractivity contribution < 1.29 is 23.9 Å². The maximum absolute atomic E-state index is 11.9. The Labute approximate surface area is 147 Å². The van der Waals surface area contributed by atoms with Gasteiger partial charge in [0, 0.05) is 6.42 Å². The van der Waals surface area contributed by atoms with Crippen molar-refractivity contribution in [2.45, 2.75) is 39.2 Å². The average molecular weight is 350 g/mol. The minimum Gasteiger partial charge on any atom is -0.465 e. The number of carbonyl (C=O) groups is 3. The summed E-state index contributed by atoms with van der Waals surface area (Å²) < 4.78 is 10.3. The quantitative estimate of drug-likeness (QED) is 0.371. The molecule has 0 amide bonds. The van der Waals surface area contributed by atoms with Crippen LogP contribution in [0.2, 0.25) is 0 Å². The molecule has 0 aliphatic heterocycles. The van der Waals surface area contributed by atoms with Crippen LogP contribution in [0.4, 0.5) is 0 Å². The van der Waals surface area contributed by atoms with Crippen molar-refractivity contribution >= 4 is 17.7 Å². The van der Waals surface area contributed by atoms with E-state index in [1.165, 1.54) is 6.92 Å². The van der Waals surface area contributed by atoms with E-state index in [0.29, 0.717) is 31.6 Å². The molecule has 1 aromatic carbocycles. The topological polar surface area (TPSA) is 108 Å². The maximum Gasteiger partial charge on any atom is 0.323 e. The predicted molar refractivity (Wildman–Crippen MR) is 93.6 cm³/mol. The van der Waals surface area contributed by atoms with Crippen molar-refractivity contribution in [2.24, 2.45) is 5.73 Å². The molecule has 0 bridgehead atoms. The Balaban J connectivity index is 2.94. The molecule has 0 aliphatic rings. The monoisotopic (exact) mass is 350 g/mol. The Morgan fingerprint density at radius 2 is 2.00 bits per heavy atom. The number of ketones is 1. The van der Waals surface area contributed by atoms with Crippen molar-refractivity contribution in [3.63, 3.8) is 0 Å². The molecule has 3 N–H and O–H groups in total. The summed E-state index contributed by atoms with van der Waals surface area (Å²) in [4.78, 5) is 35.5. The van der Waals surface area contributed by atoms with E-state index < -0.39 is 12.0 Å². The van der Waals surface area contributed by atoms with Gasteiger partial charge < -0.3 is 20.5 Å². The van der Waals surface area contributed by atoms with Crippen LogP contribution in [0.5, 0.6) is 5.75 Å². The first-order chi connectivity index (χ1) is 11.9. The molecular weight excluding hydrogens is 324 g/mol. The van der Waals surface area contributed by atoms with E-state index in [4.69, 9.17) is 15.2 Å². The summed E-state index contributed by atoms with van der Waals surface area (Å²) in [5.41, 5.74) is 6.43. The molecule has 0 fully saturated rings. The molecule has 25 heavy (non-hydrogen) atoms. The Hall–Kier alpha value is -2.25. The summed E-state index contributed by atoms with van der Waals surface area (Å²) in [6.45, 7) is 3.84. The molecule has 1 rings (SSSR count). The maximum atomic E-state index is 11.9. The Kier molecular flexibility index (Phi) is 8.80. The van der Waals surface area contributed by atoms with Crippen LogP contribution >= 0.6 is 0 Å². The van der Waals surface area contributed by atoms with Crippen LogP contribution in [0.1, 0.15) is 42.6 Å². The second-order valence-corrected chi connectivity index (χ2v) is 5.55. The van der Waals surface area contributed by atoms with E-state index >= 15 is 0 Å². The second kappa shape index (κ2) is 10.6. The van der Waals surface area contributed by atoms with Gasteiger partial charge in [0.05, 0.1) is 12.2 Å². The summed E-state index contributed by atoms with van der Waals surface area (Å²) in [6.07, 6.45) is 1.08. The van der Waals surface area contributed by atoms with Gasteiger partial charge in [0.15, 0.2) is 5.78 Å². The third-order valence-electron chi connectivity index (χ3n) is 3.59. The lowest BCUT2D eigenvalue weighted by atomic mass is 10.0. The summed E-state index contributed by atoms with van der Waals surface area (Å²) in [5, 5.41) is 2.90. The molecule has 0 spiro atoms. The Morgan fingerprint density at radius 1 is 1.28 bits per heavy atom. The minimum absolute atomic E-state index is 0.195. The largest absolute Gasteiger partial charge is 0.465 e. The molecule has 7 heteroatoms.